The number of aromatic nitrogens is 1. The van der Waals surface area contributed by atoms with Crippen LogP contribution in [0, 0.1) is 18.8 Å². The molecule has 72 heavy (non-hydrogen) atoms. The minimum atomic E-state index is -0.864. The number of likely N-dealkylation sites (N-methyl/N-ethyl adjacent to an activating group) is 1. The van der Waals surface area contributed by atoms with Gasteiger partial charge in [0.1, 0.15) is 19.0 Å². The van der Waals surface area contributed by atoms with Gasteiger partial charge in [-0.05, 0) is 90.9 Å². The standard InChI is InChI=1S/C52H61N9O10S/c1-32(2)48(57-43(63)14-6-5-9-24-61-46(66)21-22-47(61)67)40(62)26-36(11-10-23-54-51(53)69)50(68)56-38-18-15-34(16-19-38)31-71-52(70)60-28-37-25-35(27-55-49(37)58-44(64)30-60)17-20-45(65)59(4)29-42-33(3)39-12-7-8-13-41(39)72-42/h7-8,12-13,15-22,25,27,32,36,48H,5-6,9-11,14,23-24,26,28-31H2,1-4H3,(H,56,68)(H,57,63)(H3,53,54,69)(H,55,58,64)/b20-17+/t36-,48+/m1/s1. The normalized spacial score (nSPS) is 14.2. The zero-order valence-electron chi connectivity index (χ0n) is 40.9. The lowest BCUT2D eigenvalue weighted by atomic mass is 9.89. The Kier molecular flexibility index (Phi) is 18.9. The summed E-state index contributed by atoms with van der Waals surface area (Å²) in [5.41, 5.74) is 8.50. The van der Waals surface area contributed by atoms with Crippen molar-refractivity contribution in [3.63, 3.8) is 0 Å². The Morgan fingerprint density at radius 3 is 2.40 bits per heavy atom. The van der Waals surface area contributed by atoms with Gasteiger partial charge in [0.2, 0.25) is 23.6 Å². The van der Waals surface area contributed by atoms with E-state index in [2.05, 4.69) is 45.3 Å². The summed E-state index contributed by atoms with van der Waals surface area (Å²) in [5.74, 6) is -3.31. The number of imide groups is 1. The van der Waals surface area contributed by atoms with Crippen molar-refractivity contribution in [3.05, 3.63) is 106 Å². The highest BCUT2D eigenvalue weighted by atomic mass is 32.1. The van der Waals surface area contributed by atoms with Crippen LogP contribution in [-0.2, 0) is 58.0 Å². The summed E-state index contributed by atoms with van der Waals surface area (Å²) >= 11 is 1.66. The van der Waals surface area contributed by atoms with Gasteiger partial charge in [0.15, 0.2) is 5.78 Å². The molecule has 6 rings (SSSR count). The zero-order valence-corrected chi connectivity index (χ0v) is 41.7. The van der Waals surface area contributed by atoms with Crippen LogP contribution >= 0.6 is 11.3 Å². The maximum absolute atomic E-state index is 13.7. The number of fused-ring (bicyclic) bond motifs is 2. The highest BCUT2D eigenvalue weighted by molar-refractivity contribution is 7.19. The number of primary amides is 1. The van der Waals surface area contributed by atoms with Crippen LogP contribution in [0.5, 0.6) is 0 Å². The third-order valence-corrected chi connectivity index (χ3v) is 13.5. The van der Waals surface area contributed by atoms with Crippen LogP contribution in [0.25, 0.3) is 16.2 Å². The van der Waals surface area contributed by atoms with E-state index in [1.807, 2.05) is 12.1 Å². The molecule has 9 amide bonds. The summed E-state index contributed by atoms with van der Waals surface area (Å²) in [6.07, 6.45) is 8.45. The molecule has 0 spiro atoms. The fraction of sp³-hybridized carbons (Fsp3) is 0.385. The van der Waals surface area contributed by atoms with E-state index < -0.39 is 35.9 Å². The number of carbonyl (C=O) groups excluding carboxylic acids is 9. The molecular formula is C52H61N9O10S. The van der Waals surface area contributed by atoms with E-state index in [1.54, 1.807) is 73.5 Å². The SMILES string of the molecule is Cc1c(CN(C)C(=O)/C=C/c2cnc3c(c2)CN(C(=O)OCc2ccc(NC(=O)[C@H](CCCNC(N)=O)CC(=O)[C@@H](NC(=O)CCCCCN4C(=O)C=CC4=O)C(C)C)cc2)CC(=O)N3)sc2ccccc12. The van der Waals surface area contributed by atoms with Gasteiger partial charge in [-0.25, -0.2) is 14.6 Å². The predicted molar refractivity (Wildman–Crippen MR) is 272 cm³/mol. The number of urea groups is 1. The van der Waals surface area contributed by atoms with Crippen molar-refractivity contribution in [2.45, 2.75) is 91.5 Å². The highest BCUT2D eigenvalue weighted by Crippen LogP contribution is 2.31. The van der Waals surface area contributed by atoms with Crippen LogP contribution in [0.4, 0.5) is 21.1 Å². The van der Waals surface area contributed by atoms with E-state index in [0.717, 1.165) is 15.3 Å². The molecule has 380 valence electrons. The molecule has 0 aliphatic carbocycles. The van der Waals surface area contributed by atoms with Crippen LogP contribution in [0.15, 0.2) is 79.0 Å². The topological polar surface area (TPSA) is 260 Å². The summed E-state index contributed by atoms with van der Waals surface area (Å²) in [6, 6.07) is 14.8. The lowest BCUT2D eigenvalue weighted by Crippen LogP contribution is -2.45. The molecule has 20 heteroatoms. The molecule has 0 bridgehead atoms. The number of ether oxygens (including phenoxy) is 1. The number of thiophene rings is 1. The second-order valence-electron chi connectivity index (χ2n) is 18.2. The molecule has 2 atom stereocenters. The Labute approximate surface area is 421 Å². The molecule has 0 saturated heterocycles. The number of pyridine rings is 1. The number of amides is 9. The number of nitrogens with zero attached hydrogens (tertiary/aromatic N) is 4. The second-order valence-corrected chi connectivity index (χ2v) is 19.3. The fourth-order valence-corrected chi connectivity index (χ4v) is 9.49. The van der Waals surface area contributed by atoms with Crippen LogP contribution < -0.4 is 27.0 Å². The van der Waals surface area contributed by atoms with E-state index in [4.69, 9.17) is 10.5 Å². The Morgan fingerprint density at radius 1 is 0.958 bits per heavy atom. The number of aryl methyl sites for hydroxylation is 1. The van der Waals surface area contributed by atoms with Crippen molar-refractivity contribution in [2.24, 2.45) is 17.6 Å². The largest absolute Gasteiger partial charge is 0.445 e. The third-order valence-electron chi connectivity index (χ3n) is 12.3. The van der Waals surface area contributed by atoms with E-state index in [0.29, 0.717) is 60.4 Å². The van der Waals surface area contributed by atoms with E-state index >= 15 is 0 Å². The molecule has 19 nitrogen and oxygen atoms in total. The van der Waals surface area contributed by atoms with E-state index in [9.17, 15) is 43.2 Å². The first kappa shape index (κ1) is 53.6. The smallest absolute Gasteiger partial charge is 0.410 e. The number of unbranched alkanes of at least 4 members (excludes halogenated alkanes) is 2. The summed E-state index contributed by atoms with van der Waals surface area (Å²) in [5, 5.41) is 12.1. The minimum absolute atomic E-state index is 0.00523. The number of rotatable bonds is 23. The number of ketones is 1. The number of hydrogen-bond acceptors (Lipinski definition) is 12. The van der Waals surface area contributed by atoms with Crippen molar-refractivity contribution in [2.75, 3.05) is 37.3 Å². The Balaban J connectivity index is 0.993. The minimum Gasteiger partial charge on any atom is -0.445 e. The molecule has 0 fully saturated rings. The van der Waals surface area contributed by atoms with Crippen LogP contribution in [-0.4, -0.2) is 106 Å². The van der Waals surface area contributed by atoms with Crippen molar-refractivity contribution in [1.82, 2.24) is 30.3 Å². The van der Waals surface area contributed by atoms with Crippen molar-refractivity contribution >= 4 is 92.4 Å². The van der Waals surface area contributed by atoms with Gasteiger partial charge < -0.3 is 36.6 Å². The third kappa shape index (κ3) is 15.1. The number of nitrogens with one attached hydrogen (secondary N) is 4. The van der Waals surface area contributed by atoms with Crippen molar-refractivity contribution in [1.29, 1.82) is 0 Å². The van der Waals surface area contributed by atoms with Gasteiger partial charge >= 0.3 is 12.1 Å². The first-order chi connectivity index (χ1) is 34.4. The summed E-state index contributed by atoms with van der Waals surface area (Å²) < 4.78 is 6.77. The van der Waals surface area contributed by atoms with Crippen molar-refractivity contribution < 1.29 is 47.9 Å². The Morgan fingerprint density at radius 2 is 1.69 bits per heavy atom. The molecule has 4 aromatic rings. The van der Waals surface area contributed by atoms with Gasteiger partial charge in [0, 0.05) is 84.1 Å². The number of hydrogen-bond donors (Lipinski definition) is 5. The monoisotopic (exact) mass is 1000 g/mol. The lowest BCUT2D eigenvalue weighted by Gasteiger charge is -2.24. The second kappa shape index (κ2) is 25.4. The maximum Gasteiger partial charge on any atom is 0.410 e. The van der Waals surface area contributed by atoms with Gasteiger partial charge in [-0.2, -0.15) is 0 Å². The van der Waals surface area contributed by atoms with Crippen molar-refractivity contribution in [3.8, 4) is 0 Å². The molecule has 6 N–H and O–H groups in total. The molecule has 0 saturated carbocycles. The molecule has 4 heterocycles. The number of benzene rings is 2. The van der Waals surface area contributed by atoms with Crippen LogP contribution in [0.1, 0.15) is 85.9 Å². The van der Waals surface area contributed by atoms with E-state index in [1.165, 1.54) is 39.4 Å². The Hall–Kier alpha value is -7.74. The molecule has 2 aliphatic heterocycles. The van der Waals surface area contributed by atoms with Gasteiger partial charge in [0.05, 0.1) is 19.1 Å². The van der Waals surface area contributed by atoms with E-state index in [-0.39, 0.29) is 87.4 Å². The molecule has 2 aromatic carbocycles. The van der Waals surface area contributed by atoms with Gasteiger partial charge in [-0.1, -0.05) is 50.6 Å². The number of carbonyl (C=O) groups is 9. The number of Topliss-reactive ketones (excluding diaryl/α,β-unsaturated/α-hetero) is 1. The summed E-state index contributed by atoms with van der Waals surface area (Å²) in [4.78, 5) is 124. The van der Waals surface area contributed by atoms with Gasteiger partial charge in [-0.3, -0.25) is 43.4 Å². The highest BCUT2D eigenvalue weighted by Gasteiger charge is 2.30. The Bertz CT molecular complexity index is 2730. The van der Waals surface area contributed by atoms with Crippen LogP contribution in [0.3, 0.4) is 0 Å². The molecule has 0 unspecified atom stereocenters. The number of anilines is 2. The average Bonchev–Trinajstić information content (AvgIpc) is 3.77. The lowest BCUT2D eigenvalue weighted by molar-refractivity contribution is -0.137. The number of nitrogens with two attached hydrogens (primary N) is 1. The first-order valence-electron chi connectivity index (χ1n) is 23.8. The molecule has 2 aliphatic rings. The summed E-state index contributed by atoms with van der Waals surface area (Å²) in [6.45, 7) is 6.11. The first-order valence-corrected chi connectivity index (χ1v) is 24.7. The van der Waals surface area contributed by atoms with Crippen LogP contribution in [0.2, 0.25) is 0 Å². The average molecular weight is 1000 g/mol. The molecule has 2 aromatic heterocycles. The quantitative estimate of drug-likeness (QED) is 0.0329. The summed E-state index contributed by atoms with van der Waals surface area (Å²) in [7, 11) is 1.74. The molecule has 0 radical (unpaired) electrons. The fourth-order valence-electron chi connectivity index (χ4n) is 8.22. The van der Waals surface area contributed by atoms with Gasteiger partial charge in [0.25, 0.3) is 11.8 Å². The predicted octanol–water partition coefficient (Wildman–Crippen LogP) is 5.96. The molecular weight excluding hydrogens is 943 g/mol. The zero-order chi connectivity index (χ0) is 51.9. The van der Waals surface area contributed by atoms with Gasteiger partial charge in [-0.15, -0.1) is 11.3 Å². The maximum atomic E-state index is 13.7.